The van der Waals surface area contributed by atoms with E-state index in [-0.39, 0.29) is 18.1 Å². The monoisotopic (exact) mass is 427 g/mol. The Balaban J connectivity index is 1.37. The van der Waals surface area contributed by atoms with E-state index in [2.05, 4.69) is 9.88 Å². The molecule has 168 valence electrons. The molecule has 2 saturated heterocycles. The first-order valence-electron chi connectivity index (χ1n) is 11.7. The molecule has 31 heavy (non-hydrogen) atoms. The van der Waals surface area contributed by atoms with E-state index in [1.165, 1.54) is 12.8 Å². The number of rotatable bonds is 4. The Kier molecular flexibility index (Phi) is 5.95. The van der Waals surface area contributed by atoms with Crippen molar-refractivity contribution >= 4 is 11.6 Å². The van der Waals surface area contributed by atoms with Crippen molar-refractivity contribution in [1.29, 1.82) is 0 Å². The highest BCUT2D eigenvalue weighted by atomic mass is 16.5. The van der Waals surface area contributed by atoms with Gasteiger partial charge in [0.15, 0.2) is 5.65 Å². The zero-order chi connectivity index (χ0) is 21.4. The van der Waals surface area contributed by atoms with Gasteiger partial charge in [-0.15, -0.1) is 0 Å². The zero-order valence-corrected chi connectivity index (χ0v) is 18.4. The zero-order valence-electron chi connectivity index (χ0n) is 18.4. The number of carbonyl (C=O) groups is 1. The topological polar surface area (TPSA) is 83.2 Å². The smallest absolute Gasteiger partial charge is 0.225 e. The van der Waals surface area contributed by atoms with Crippen molar-refractivity contribution in [3.63, 3.8) is 0 Å². The van der Waals surface area contributed by atoms with E-state index in [4.69, 9.17) is 9.84 Å². The summed E-state index contributed by atoms with van der Waals surface area (Å²) in [5.74, 6) is 0.485. The average Bonchev–Trinajstić information content (AvgIpc) is 3.43. The standard InChI is InChI=1S/C23H33N5O3/c1-16-19(14-26-10-7-18(29)8-11-26)22-24-9-6-20(28(22)25-16)21-15-27(12-13-31-21)23(30)17-4-2-3-5-17/h6,9,17-18,21,29H,2-5,7-8,10-15H2,1H3/t21-/m1/s1. The average molecular weight is 428 g/mol. The minimum atomic E-state index is -0.193. The fourth-order valence-corrected chi connectivity index (χ4v) is 5.30. The summed E-state index contributed by atoms with van der Waals surface area (Å²) in [7, 11) is 0. The van der Waals surface area contributed by atoms with Gasteiger partial charge in [0.05, 0.1) is 30.6 Å². The lowest BCUT2D eigenvalue weighted by atomic mass is 10.1. The van der Waals surface area contributed by atoms with Gasteiger partial charge in [0, 0.05) is 43.9 Å². The van der Waals surface area contributed by atoms with Crippen LogP contribution in [0, 0.1) is 12.8 Å². The molecule has 1 atom stereocenters. The summed E-state index contributed by atoms with van der Waals surface area (Å²) in [6.07, 6.45) is 7.48. The van der Waals surface area contributed by atoms with Crippen LogP contribution in [-0.2, 0) is 16.1 Å². The molecule has 1 amide bonds. The summed E-state index contributed by atoms with van der Waals surface area (Å²) in [6, 6.07) is 1.97. The molecule has 4 heterocycles. The predicted molar refractivity (Wildman–Crippen MR) is 115 cm³/mol. The van der Waals surface area contributed by atoms with Crippen LogP contribution in [0.25, 0.3) is 5.65 Å². The third kappa shape index (κ3) is 4.21. The van der Waals surface area contributed by atoms with Gasteiger partial charge in [-0.3, -0.25) is 9.69 Å². The maximum absolute atomic E-state index is 13.0. The molecule has 0 bridgehead atoms. The van der Waals surface area contributed by atoms with Gasteiger partial charge in [-0.05, 0) is 38.7 Å². The van der Waals surface area contributed by atoms with Crippen molar-refractivity contribution in [3.8, 4) is 0 Å². The summed E-state index contributed by atoms with van der Waals surface area (Å²) >= 11 is 0. The molecule has 1 saturated carbocycles. The van der Waals surface area contributed by atoms with Crippen LogP contribution < -0.4 is 0 Å². The summed E-state index contributed by atoms with van der Waals surface area (Å²) in [5.41, 5.74) is 3.93. The van der Waals surface area contributed by atoms with E-state index < -0.39 is 0 Å². The van der Waals surface area contributed by atoms with Gasteiger partial charge in [-0.2, -0.15) is 5.10 Å². The number of nitrogens with zero attached hydrogens (tertiary/aromatic N) is 5. The number of hydrogen-bond acceptors (Lipinski definition) is 6. The minimum absolute atomic E-state index is 0.177. The highest BCUT2D eigenvalue weighted by Crippen LogP contribution is 2.30. The third-order valence-corrected chi connectivity index (χ3v) is 7.20. The molecule has 2 aromatic heterocycles. The van der Waals surface area contributed by atoms with E-state index >= 15 is 0 Å². The van der Waals surface area contributed by atoms with Gasteiger partial charge in [0.1, 0.15) is 6.10 Å². The number of morpholine rings is 1. The number of piperidine rings is 1. The number of aliphatic hydroxyl groups is 1. The second-order valence-electron chi connectivity index (χ2n) is 9.30. The first-order valence-corrected chi connectivity index (χ1v) is 11.7. The van der Waals surface area contributed by atoms with Crippen LogP contribution in [-0.4, -0.2) is 74.3 Å². The van der Waals surface area contributed by atoms with E-state index in [0.717, 1.165) is 67.9 Å². The quantitative estimate of drug-likeness (QED) is 0.805. The number of amides is 1. The van der Waals surface area contributed by atoms with Crippen molar-refractivity contribution in [3.05, 3.63) is 29.2 Å². The predicted octanol–water partition coefficient (Wildman–Crippen LogP) is 2.08. The molecule has 0 aromatic carbocycles. The number of likely N-dealkylation sites (tertiary alicyclic amines) is 1. The lowest BCUT2D eigenvalue weighted by Gasteiger charge is -2.34. The lowest BCUT2D eigenvalue weighted by Crippen LogP contribution is -2.44. The Morgan fingerprint density at radius 1 is 1.19 bits per heavy atom. The van der Waals surface area contributed by atoms with Crippen molar-refractivity contribution in [2.24, 2.45) is 5.92 Å². The highest BCUT2D eigenvalue weighted by molar-refractivity contribution is 5.79. The largest absolute Gasteiger partial charge is 0.393 e. The fraction of sp³-hybridized carbons (Fsp3) is 0.696. The summed E-state index contributed by atoms with van der Waals surface area (Å²) in [4.78, 5) is 22.0. The molecule has 2 aliphatic heterocycles. The fourth-order valence-electron chi connectivity index (χ4n) is 5.30. The SMILES string of the molecule is Cc1nn2c([C@H]3CN(C(=O)C4CCCC4)CCO3)ccnc2c1CN1CCC(O)CC1. The van der Waals surface area contributed by atoms with Gasteiger partial charge in [0.25, 0.3) is 0 Å². The van der Waals surface area contributed by atoms with Gasteiger partial charge >= 0.3 is 0 Å². The molecule has 0 unspecified atom stereocenters. The van der Waals surface area contributed by atoms with E-state index in [9.17, 15) is 9.90 Å². The molecule has 1 aliphatic carbocycles. The summed E-state index contributed by atoms with van der Waals surface area (Å²) in [6.45, 7) is 6.40. The van der Waals surface area contributed by atoms with Crippen LogP contribution >= 0.6 is 0 Å². The molecular formula is C23H33N5O3. The number of hydrogen-bond donors (Lipinski definition) is 1. The Morgan fingerprint density at radius 3 is 2.74 bits per heavy atom. The Morgan fingerprint density at radius 2 is 1.97 bits per heavy atom. The summed E-state index contributed by atoms with van der Waals surface area (Å²) < 4.78 is 8.02. The van der Waals surface area contributed by atoms with Crippen LogP contribution in [0.1, 0.15) is 61.6 Å². The molecule has 8 heteroatoms. The second kappa shape index (κ2) is 8.84. The third-order valence-electron chi connectivity index (χ3n) is 7.20. The van der Waals surface area contributed by atoms with Crippen molar-refractivity contribution in [1.82, 2.24) is 24.4 Å². The molecule has 0 spiro atoms. The minimum Gasteiger partial charge on any atom is -0.393 e. The van der Waals surface area contributed by atoms with Gasteiger partial charge in [-0.1, -0.05) is 12.8 Å². The highest BCUT2D eigenvalue weighted by Gasteiger charge is 2.33. The Labute approximate surface area is 183 Å². The molecular weight excluding hydrogens is 394 g/mol. The number of ether oxygens (including phenoxy) is 1. The van der Waals surface area contributed by atoms with Gasteiger partial charge in [0.2, 0.25) is 5.91 Å². The van der Waals surface area contributed by atoms with E-state index in [1.807, 2.05) is 28.6 Å². The first kappa shape index (κ1) is 20.8. The number of carbonyl (C=O) groups excluding carboxylic acids is 1. The molecule has 8 nitrogen and oxygen atoms in total. The molecule has 3 fully saturated rings. The van der Waals surface area contributed by atoms with E-state index in [1.54, 1.807) is 0 Å². The van der Waals surface area contributed by atoms with Crippen LogP contribution in [0.2, 0.25) is 0 Å². The van der Waals surface area contributed by atoms with Crippen molar-refractivity contribution in [2.45, 2.75) is 64.2 Å². The van der Waals surface area contributed by atoms with Crippen molar-refractivity contribution in [2.75, 3.05) is 32.8 Å². The van der Waals surface area contributed by atoms with Gasteiger partial charge < -0.3 is 14.7 Å². The number of aromatic nitrogens is 3. The molecule has 2 aromatic rings. The maximum Gasteiger partial charge on any atom is 0.225 e. The molecule has 0 radical (unpaired) electrons. The first-order chi connectivity index (χ1) is 15.1. The molecule has 3 aliphatic rings. The Bertz CT molecular complexity index is 931. The lowest BCUT2D eigenvalue weighted by molar-refractivity contribution is -0.143. The molecule has 5 rings (SSSR count). The Hall–Kier alpha value is -2.03. The molecule has 1 N–H and O–H groups in total. The van der Waals surface area contributed by atoms with Crippen LogP contribution in [0.4, 0.5) is 0 Å². The number of aryl methyl sites for hydroxylation is 1. The normalized spacial score (nSPS) is 24.3. The number of aliphatic hydroxyl groups excluding tert-OH is 1. The maximum atomic E-state index is 13.0. The summed E-state index contributed by atoms with van der Waals surface area (Å²) in [5, 5.41) is 14.6. The van der Waals surface area contributed by atoms with E-state index in [0.29, 0.717) is 25.6 Å². The second-order valence-corrected chi connectivity index (χ2v) is 9.30. The van der Waals surface area contributed by atoms with Crippen LogP contribution in [0.5, 0.6) is 0 Å². The van der Waals surface area contributed by atoms with Crippen LogP contribution in [0.15, 0.2) is 12.3 Å². The van der Waals surface area contributed by atoms with Crippen molar-refractivity contribution < 1.29 is 14.6 Å². The van der Waals surface area contributed by atoms with Crippen LogP contribution in [0.3, 0.4) is 0 Å². The van der Waals surface area contributed by atoms with Gasteiger partial charge in [-0.25, -0.2) is 9.50 Å². The number of fused-ring (bicyclic) bond motifs is 1.